The van der Waals surface area contributed by atoms with Gasteiger partial charge in [0.15, 0.2) is 16.6 Å². The van der Waals surface area contributed by atoms with Gasteiger partial charge < -0.3 is 0 Å². The van der Waals surface area contributed by atoms with Crippen LogP contribution in [0, 0.1) is 0 Å². The molecular formula is C18H24N6O2S. The Morgan fingerprint density at radius 2 is 2.15 bits per heavy atom. The molecule has 0 spiro atoms. The fourth-order valence-corrected chi connectivity index (χ4v) is 2.74. The van der Waals surface area contributed by atoms with Gasteiger partial charge in [0.1, 0.15) is 5.39 Å². The molecule has 2 aromatic heterocycles. The molecule has 1 amide bonds. The molecule has 0 unspecified atom stereocenters. The van der Waals surface area contributed by atoms with Crippen LogP contribution in [0.5, 0.6) is 0 Å². The Bertz CT molecular complexity index is 966. The van der Waals surface area contributed by atoms with Gasteiger partial charge in [-0.05, 0) is 40.0 Å². The molecule has 8 nitrogen and oxygen atoms in total. The zero-order valence-electron chi connectivity index (χ0n) is 16.2. The summed E-state index contributed by atoms with van der Waals surface area (Å²) < 4.78 is 3.10. The fraction of sp³-hybridized carbons (Fsp3) is 0.389. The zero-order chi connectivity index (χ0) is 20.1. The molecule has 9 heteroatoms. The Morgan fingerprint density at radius 1 is 1.44 bits per heavy atom. The maximum atomic E-state index is 12.9. The summed E-state index contributed by atoms with van der Waals surface area (Å²) >= 11 is 1.38. The van der Waals surface area contributed by atoms with Gasteiger partial charge in [0.05, 0.1) is 6.54 Å². The minimum Gasteiger partial charge on any atom is -0.277 e. The summed E-state index contributed by atoms with van der Waals surface area (Å²) in [6, 6.07) is -0.138. The SMILES string of the molecule is C=CCn1c(=O)c2cnc(SC)nc2n1/C(C=C(C)C)=N/N(C=O)C(C)C. The first-order valence-corrected chi connectivity index (χ1v) is 9.67. The van der Waals surface area contributed by atoms with Crippen LogP contribution < -0.4 is 5.56 Å². The summed E-state index contributed by atoms with van der Waals surface area (Å²) in [5.41, 5.74) is 1.16. The van der Waals surface area contributed by atoms with E-state index in [9.17, 15) is 9.59 Å². The Morgan fingerprint density at radius 3 is 2.67 bits per heavy atom. The summed E-state index contributed by atoms with van der Waals surface area (Å²) in [4.78, 5) is 33.0. The van der Waals surface area contributed by atoms with Crippen LogP contribution in [0.3, 0.4) is 0 Å². The van der Waals surface area contributed by atoms with Crippen LogP contribution in [0.25, 0.3) is 11.0 Å². The molecule has 27 heavy (non-hydrogen) atoms. The van der Waals surface area contributed by atoms with Gasteiger partial charge in [0.25, 0.3) is 5.56 Å². The monoisotopic (exact) mass is 388 g/mol. The van der Waals surface area contributed by atoms with Crippen molar-refractivity contribution in [3.8, 4) is 0 Å². The summed E-state index contributed by atoms with van der Waals surface area (Å²) in [6.07, 6.45) is 7.47. The average Bonchev–Trinajstić information content (AvgIpc) is 2.90. The molecule has 0 aliphatic heterocycles. The van der Waals surface area contributed by atoms with E-state index >= 15 is 0 Å². The summed E-state index contributed by atoms with van der Waals surface area (Å²) in [5, 5.41) is 6.70. The van der Waals surface area contributed by atoms with E-state index in [1.54, 1.807) is 16.8 Å². The van der Waals surface area contributed by atoms with Gasteiger partial charge in [-0.1, -0.05) is 23.4 Å². The lowest BCUT2D eigenvalue weighted by Crippen LogP contribution is -2.31. The number of hydrazone groups is 1. The van der Waals surface area contributed by atoms with E-state index in [1.165, 1.54) is 27.6 Å². The lowest BCUT2D eigenvalue weighted by atomic mass is 10.3. The van der Waals surface area contributed by atoms with Crippen molar-refractivity contribution in [1.82, 2.24) is 24.3 Å². The van der Waals surface area contributed by atoms with Crippen LogP contribution in [-0.4, -0.2) is 48.9 Å². The third kappa shape index (κ3) is 4.36. The van der Waals surface area contributed by atoms with Gasteiger partial charge in [-0.15, -0.1) is 6.58 Å². The van der Waals surface area contributed by atoms with Gasteiger partial charge in [-0.3, -0.25) is 9.59 Å². The molecule has 2 rings (SSSR count). The number of nitrogens with zero attached hydrogens (tertiary/aromatic N) is 6. The molecular weight excluding hydrogens is 364 g/mol. The van der Waals surface area contributed by atoms with E-state index in [0.29, 0.717) is 28.4 Å². The molecule has 0 saturated heterocycles. The molecule has 0 radical (unpaired) electrons. The molecule has 0 N–H and O–H groups in total. The molecule has 0 aliphatic carbocycles. The molecule has 0 aliphatic rings. The van der Waals surface area contributed by atoms with Crippen molar-refractivity contribution in [2.75, 3.05) is 6.26 Å². The number of aromatic nitrogens is 4. The molecule has 0 atom stereocenters. The van der Waals surface area contributed by atoms with Crippen molar-refractivity contribution in [2.24, 2.45) is 5.10 Å². The van der Waals surface area contributed by atoms with Crippen molar-refractivity contribution < 1.29 is 4.79 Å². The fourth-order valence-electron chi connectivity index (χ4n) is 2.40. The first kappa shape index (κ1) is 20.6. The van der Waals surface area contributed by atoms with Crippen molar-refractivity contribution in [3.05, 3.63) is 40.9 Å². The van der Waals surface area contributed by atoms with Crippen molar-refractivity contribution >= 4 is 35.0 Å². The van der Waals surface area contributed by atoms with Gasteiger partial charge in [-0.2, -0.15) is 5.10 Å². The summed E-state index contributed by atoms with van der Waals surface area (Å²) in [7, 11) is 0. The number of hydrogen-bond acceptors (Lipinski definition) is 6. The number of allylic oxidation sites excluding steroid dienone is 3. The third-order valence-electron chi connectivity index (χ3n) is 3.63. The van der Waals surface area contributed by atoms with E-state index in [0.717, 1.165) is 5.57 Å². The highest BCUT2D eigenvalue weighted by atomic mass is 32.2. The Kier molecular flexibility index (Phi) is 6.73. The van der Waals surface area contributed by atoms with Crippen molar-refractivity contribution in [3.63, 3.8) is 0 Å². The lowest BCUT2D eigenvalue weighted by Gasteiger charge is -2.18. The molecule has 2 aromatic rings. The van der Waals surface area contributed by atoms with Gasteiger partial charge in [-0.25, -0.2) is 24.3 Å². The quantitative estimate of drug-likeness (QED) is 0.138. The largest absolute Gasteiger partial charge is 0.278 e. The normalized spacial score (nSPS) is 11.7. The first-order valence-electron chi connectivity index (χ1n) is 8.45. The highest BCUT2D eigenvalue weighted by molar-refractivity contribution is 7.98. The maximum Gasteiger partial charge on any atom is 0.278 e. The standard InChI is InChI=1S/C18H24N6O2S/c1-7-8-23-17(26)14-10-19-18(27-6)20-16(14)24(23)15(9-12(2)3)21-22(11-25)13(4)5/h7,9-11,13H,1,8H2,2-6H3/b21-15+. The number of hydrogen-bond donors (Lipinski definition) is 0. The molecule has 0 fully saturated rings. The smallest absolute Gasteiger partial charge is 0.277 e. The van der Waals surface area contributed by atoms with E-state index in [-0.39, 0.29) is 18.1 Å². The molecule has 0 aromatic carbocycles. The molecule has 0 saturated carbocycles. The van der Waals surface area contributed by atoms with Crippen LogP contribution in [-0.2, 0) is 11.3 Å². The second-order valence-corrected chi connectivity index (χ2v) is 7.11. The Hall–Kier alpha value is -2.68. The highest BCUT2D eigenvalue weighted by Gasteiger charge is 2.19. The lowest BCUT2D eigenvalue weighted by molar-refractivity contribution is -0.119. The number of amides is 1. The second-order valence-electron chi connectivity index (χ2n) is 6.34. The van der Waals surface area contributed by atoms with Crippen LogP contribution >= 0.6 is 11.8 Å². The summed E-state index contributed by atoms with van der Waals surface area (Å²) in [5.74, 6) is 0.413. The zero-order valence-corrected chi connectivity index (χ0v) is 17.0. The van der Waals surface area contributed by atoms with Gasteiger partial charge in [0, 0.05) is 12.2 Å². The Balaban J connectivity index is 2.91. The van der Waals surface area contributed by atoms with E-state index < -0.39 is 0 Å². The van der Waals surface area contributed by atoms with Crippen molar-refractivity contribution in [2.45, 2.75) is 45.4 Å². The van der Waals surface area contributed by atoms with E-state index in [4.69, 9.17) is 0 Å². The van der Waals surface area contributed by atoms with Crippen molar-refractivity contribution in [1.29, 1.82) is 0 Å². The summed E-state index contributed by atoms with van der Waals surface area (Å²) in [6.45, 7) is 11.5. The van der Waals surface area contributed by atoms with Crippen LogP contribution in [0.4, 0.5) is 0 Å². The minimum atomic E-state index is -0.241. The van der Waals surface area contributed by atoms with Crippen LogP contribution in [0.2, 0.25) is 0 Å². The van der Waals surface area contributed by atoms with E-state index in [1.807, 2.05) is 34.0 Å². The van der Waals surface area contributed by atoms with E-state index in [2.05, 4.69) is 21.6 Å². The van der Waals surface area contributed by atoms with Crippen LogP contribution in [0.1, 0.15) is 27.7 Å². The van der Waals surface area contributed by atoms with Gasteiger partial charge in [0.2, 0.25) is 6.41 Å². The number of rotatable bonds is 7. The maximum absolute atomic E-state index is 12.9. The number of fused-ring (bicyclic) bond motifs is 1. The minimum absolute atomic E-state index is 0.138. The highest BCUT2D eigenvalue weighted by Crippen LogP contribution is 2.15. The van der Waals surface area contributed by atoms with Crippen LogP contribution in [0.15, 0.2) is 45.6 Å². The molecule has 0 bridgehead atoms. The molecule has 2 heterocycles. The van der Waals surface area contributed by atoms with Gasteiger partial charge >= 0.3 is 0 Å². The second kappa shape index (κ2) is 8.81. The average molecular weight is 388 g/mol. The third-order valence-corrected chi connectivity index (χ3v) is 4.19. The molecule has 144 valence electrons. The Labute approximate surface area is 162 Å². The number of carbonyl (C=O) groups excluding carboxylic acids is 1. The predicted octanol–water partition coefficient (Wildman–Crippen LogP) is 2.50. The number of thioether (sulfide) groups is 1. The topological polar surface area (TPSA) is 85.4 Å². The first-order chi connectivity index (χ1) is 12.8. The number of carbonyl (C=O) groups is 1. The predicted molar refractivity (Wildman–Crippen MR) is 109 cm³/mol.